The van der Waals surface area contributed by atoms with Gasteiger partial charge < -0.3 is 14.3 Å². The van der Waals surface area contributed by atoms with E-state index in [2.05, 4.69) is 20.5 Å². The summed E-state index contributed by atoms with van der Waals surface area (Å²) in [5.41, 5.74) is 2.80. The molecule has 0 bridgehead atoms. The molecule has 0 aliphatic rings. The second-order valence-corrected chi connectivity index (χ2v) is 7.88. The Labute approximate surface area is 182 Å². The zero-order valence-corrected chi connectivity index (χ0v) is 17.6. The average Bonchev–Trinajstić information content (AvgIpc) is 3.45. The highest BCUT2D eigenvalue weighted by molar-refractivity contribution is 7.99. The third-order valence-electron chi connectivity index (χ3n) is 4.40. The van der Waals surface area contributed by atoms with Crippen molar-refractivity contribution in [3.05, 3.63) is 77.8 Å². The summed E-state index contributed by atoms with van der Waals surface area (Å²) in [5.74, 6) is 0.457. The van der Waals surface area contributed by atoms with Crippen LogP contribution in [0.5, 0.6) is 0 Å². The molecule has 0 fully saturated rings. The number of amides is 1. The van der Waals surface area contributed by atoms with Crippen LogP contribution in [0.15, 0.2) is 76.9 Å². The molecular weight excluding hydrogens is 422 g/mol. The number of benzene rings is 2. The number of imidazole rings is 1. The van der Waals surface area contributed by atoms with Crippen LogP contribution in [0.1, 0.15) is 18.5 Å². The second-order valence-electron chi connectivity index (χ2n) is 6.52. The van der Waals surface area contributed by atoms with E-state index in [0.29, 0.717) is 16.1 Å². The van der Waals surface area contributed by atoms with E-state index in [4.69, 9.17) is 16.0 Å². The van der Waals surface area contributed by atoms with Gasteiger partial charge in [-0.1, -0.05) is 35.5 Å². The molecule has 0 aliphatic heterocycles. The molecule has 4 rings (SSSR count). The monoisotopic (exact) mass is 439 g/mol. The van der Waals surface area contributed by atoms with Crippen LogP contribution in [0.4, 0.5) is 0 Å². The lowest BCUT2D eigenvalue weighted by atomic mass is 10.1. The standard InChI is InChI=1S/C21H18ClN5O2S/c1-14(15-4-8-18(9-5-15)27-11-10-23-13-27)24-19(28)12-30-21-26-25-20(29-21)16-2-6-17(22)7-3-16/h2-11,13-14H,12H2,1H3,(H,24,28)/t14-/m1/s1. The Kier molecular flexibility index (Phi) is 6.15. The highest BCUT2D eigenvalue weighted by Gasteiger charge is 2.14. The second kappa shape index (κ2) is 9.15. The van der Waals surface area contributed by atoms with Gasteiger partial charge >= 0.3 is 0 Å². The van der Waals surface area contributed by atoms with Gasteiger partial charge in [-0.05, 0) is 48.9 Å². The van der Waals surface area contributed by atoms with Gasteiger partial charge in [-0.2, -0.15) is 0 Å². The molecular formula is C21H18ClN5O2S. The molecule has 4 aromatic rings. The number of hydrogen-bond donors (Lipinski definition) is 1. The van der Waals surface area contributed by atoms with E-state index in [1.807, 2.05) is 42.0 Å². The first-order valence-corrected chi connectivity index (χ1v) is 10.5. The van der Waals surface area contributed by atoms with Crippen LogP contribution in [0.25, 0.3) is 17.1 Å². The topological polar surface area (TPSA) is 85.8 Å². The van der Waals surface area contributed by atoms with Crippen molar-refractivity contribution in [1.82, 2.24) is 25.1 Å². The molecule has 2 aromatic carbocycles. The lowest BCUT2D eigenvalue weighted by molar-refractivity contribution is -0.119. The van der Waals surface area contributed by atoms with Gasteiger partial charge in [0.25, 0.3) is 5.22 Å². The van der Waals surface area contributed by atoms with Crippen molar-refractivity contribution in [2.24, 2.45) is 0 Å². The fourth-order valence-corrected chi connectivity index (χ4v) is 3.52. The molecule has 1 N–H and O–H groups in total. The molecule has 0 unspecified atom stereocenters. The molecule has 9 heteroatoms. The van der Waals surface area contributed by atoms with Gasteiger partial charge in [-0.3, -0.25) is 4.79 Å². The van der Waals surface area contributed by atoms with E-state index in [1.54, 1.807) is 36.8 Å². The van der Waals surface area contributed by atoms with Gasteiger partial charge in [0.05, 0.1) is 18.1 Å². The number of halogens is 1. The van der Waals surface area contributed by atoms with Gasteiger partial charge in [0.1, 0.15) is 0 Å². The Morgan fingerprint density at radius 1 is 1.17 bits per heavy atom. The number of nitrogens with zero attached hydrogens (tertiary/aromatic N) is 4. The van der Waals surface area contributed by atoms with Crippen molar-refractivity contribution in [3.8, 4) is 17.1 Å². The quantitative estimate of drug-likeness (QED) is 0.425. The molecule has 0 saturated carbocycles. The lowest BCUT2D eigenvalue weighted by Crippen LogP contribution is -2.28. The lowest BCUT2D eigenvalue weighted by Gasteiger charge is -2.14. The van der Waals surface area contributed by atoms with Crippen LogP contribution in [-0.2, 0) is 4.79 Å². The van der Waals surface area contributed by atoms with E-state index >= 15 is 0 Å². The normalized spacial score (nSPS) is 11.9. The minimum absolute atomic E-state index is 0.113. The number of carbonyl (C=O) groups is 1. The molecule has 2 aromatic heterocycles. The number of rotatable bonds is 7. The Morgan fingerprint density at radius 2 is 1.93 bits per heavy atom. The van der Waals surface area contributed by atoms with E-state index in [-0.39, 0.29) is 17.7 Å². The predicted octanol–water partition coefficient (Wildman–Crippen LogP) is 4.55. The first-order valence-electron chi connectivity index (χ1n) is 9.18. The Bertz CT molecular complexity index is 1110. The van der Waals surface area contributed by atoms with Crippen LogP contribution in [0.3, 0.4) is 0 Å². The van der Waals surface area contributed by atoms with Crippen molar-refractivity contribution in [3.63, 3.8) is 0 Å². The largest absolute Gasteiger partial charge is 0.411 e. The zero-order chi connectivity index (χ0) is 20.9. The van der Waals surface area contributed by atoms with Crippen molar-refractivity contribution in [2.75, 3.05) is 5.75 Å². The van der Waals surface area contributed by atoms with Gasteiger partial charge in [0.15, 0.2) is 0 Å². The molecule has 7 nitrogen and oxygen atoms in total. The summed E-state index contributed by atoms with van der Waals surface area (Å²) >= 11 is 7.08. The summed E-state index contributed by atoms with van der Waals surface area (Å²) in [5, 5.41) is 12.0. The van der Waals surface area contributed by atoms with E-state index < -0.39 is 0 Å². The van der Waals surface area contributed by atoms with Gasteiger partial charge in [0.2, 0.25) is 11.8 Å². The molecule has 0 aliphatic carbocycles. The first kappa shape index (κ1) is 20.2. The first-order chi connectivity index (χ1) is 14.6. The maximum atomic E-state index is 12.3. The minimum Gasteiger partial charge on any atom is -0.411 e. The number of hydrogen-bond acceptors (Lipinski definition) is 6. The fraction of sp³-hybridized carbons (Fsp3) is 0.143. The van der Waals surface area contributed by atoms with Gasteiger partial charge in [0, 0.05) is 28.7 Å². The third-order valence-corrected chi connectivity index (χ3v) is 5.47. The number of thioether (sulfide) groups is 1. The summed E-state index contributed by atoms with van der Waals surface area (Å²) in [4.78, 5) is 16.4. The Hall–Kier alpha value is -3.10. The minimum atomic E-state index is -0.123. The smallest absolute Gasteiger partial charge is 0.277 e. The highest BCUT2D eigenvalue weighted by atomic mass is 35.5. The molecule has 2 heterocycles. The molecule has 0 radical (unpaired) electrons. The van der Waals surface area contributed by atoms with Gasteiger partial charge in [-0.25, -0.2) is 4.98 Å². The van der Waals surface area contributed by atoms with Crippen molar-refractivity contribution >= 4 is 29.3 Å². The molecule has 1 atom stereocenters. The summed E-state index contributed by atoms with van der Waals surface area (Å²) in [6.07, 6.45) is 5.36. The molecule has 152 valence electrons. The number of carbonyl (C=O) groups excluding carboxylic acids is 1. The van der Waals surface area contributed by atoms with E-state index in [0.717, 1.165) is 16.8 Å². The Morgan fingerprint density at radius 3 is 2.63 bits per heavy atom. The van der Waals surface area contributed by atoms with Crippen molar-refractivity contribution in [1.29, 1.82) is 0 Å². The van der Waals surface area contributed by atoms with Crippen molar-refractivity contribution < 1.29 is 9.21 Å². The summed E-state index contributed by atoms with van der Waals surface area (Å²) in [7, 11) is 0. The van der Waals surface area contributed by atoms with Crippen LogP contribution >= 0.6 is 23.4 Å². The maximum Gasteiger partial charge on any atom is 0.277 e. The zero-order valence-electron chi connectivity index (χ0n) is 16.0. The molecule has 30 heavy (non-hydrogen) atoms. The van der Waals surface area contributed by atoms with Crippen molar-refractivity contribution in [2.45, 2.75) is 18.2 Å². The number of aromatic nitrogens is 4. The maximum absolute atomic E-state index is 12.3. The van der Waals surface area contributed by atoms with Crippen LogP contribution in [0, 0.1) is 0 Å². The highest BCUT2D eigenvalue weighted by Crippen LogP contribution is 2.24. The summed E-state index contributed by atoms with van der Waals surface area (Å²) < 4.78 is 7.53. The van der Waals surface area contributed by atoms with Crippen LogP contribution < -0.4 is 5.32 Å². The average molecular weight is 440 g/mol. The molecule has 0 spiro atoms. The molecule has 1 amide bonds. The van der Waals surface area contributed by atoms with Crippen LogP contribution in [0.2, 0.25) is 5.02 Å². The molecule has 0 saturated heterocycles. The Balaban J connectivity index is 1.30. The number of nitrogens with one attached hydrogen (secondary N) is 1. The summed E-state index contributed by atoms with van der Waals surface area (Å²) in [6, 6.07) is 15.0. The van der Waals surface area contributed by atoms with Gasteiger partial charge in [-0.15, -0.1) is 10.2 Å². The van der Waals surface area contributed by atoms with Crippen LogP contribution in [-0.4, -0.2) is 31.4 Å². The SMILES string of the molecule is C[C@@H](NC(=O)CSc1nnc(-c2ccc(Cl)cc2)o1)c1ccc(-n2ccnc2)cc1. The van der Waals surface area contributed by atoms with E-state index in [1.165, 1.54) is 11.8 Å². The fourth-order valence-electron chi connectivity index (χ4n) is 2.82. The predicted molar refractivity (Wildman–Crippen MR) is 116 cm³/mol. The third kappa shape index (κ3) is 4.90. The van der Waals surface area contributed by atoms with E-state index in [9.17, 15) is 4.79 Å². The summed E-state index contributed by atoms with van der Waals surface area (Å²) in [6.45, 7) is 1.94.